The molecule has 0 N–H and O–H groups in total. The zero-order chi connectivity index (χ0) is 19.0. The van der Waals surface area contributed by atoms with Crippen LogP contribution in [-0.4, -0.2) is 9.55 Å². The summed E-state index contributed by atoms with van der Waals surface area (Å²) in [7, 11) is 0. The van der Waals surface area contributed by atoms with Crippen LogP contribution in [0, 0.1) is 0 Å². The maximum Gasteiger partial charge on any atom is 0.141 e. The summed E-state index contributed by atoms with van der Waals surface area (Å²) in [5.74, 6) is 0.969. The number of aromatic nitrogens is 2. The van der Waals surface area contributed by atoms with E-state index in [0.29, 0.717) is 6.54 Å². The Balaban J connectivity index is 1.84. The number of nitrogens with zero attached hydrogens (tertiary/aromatic N) is 2. The van der Waals surface area contributed by atoms with Crippen molar-refractivity contribution in [3.63, 3.8) is 0 Å². The summed E-state index contributed by atoms with van der Waals surface area (Å²) in [6.45, 7) is 7.38. The Morgan fingerprint density at radius 2 is 1.52 bits per heavy atom. The van der Waals surface area contributed by atoms with Crippen LogP contribution in [0.5, 0.6) is 0 Å². The van der Waals surface area contributed by atoms with E-state index in [-0.39, 0.29) is 5.41 Å². The highest BCUT2D eigenvalue weighted by Crippen LogP contribution is 2.29. The van der Waals surface area contributed by atoms with Gasteiger partial charge in [-0.05, 0) is 34.7 Å². The van der Waals surface area contributed by atoms with Gasteiger partial charge >= 0.3 is 0 Å². The van der Waals surface area contributed by atoms with Gasteiger partial charge in [0.05, 0.1) is 17.6 Å². The molecule has 3 aromatic carbocycles. The van der Waals surface area contributed by atoms with Crippen molar-refractivity contribution < 1.29 is 0 Å². The zero-order valence-corrected chi connectivity index (χ0v) is 16.7. The second-order valence-corrected chi connectivity index (χ2v) is 8.34. The van der Waals surface area contributed by atoms with Crippen molar-refractivity contribution in [3.05, 3.63) is 88.9 Å². The van der Waals surface area contributed by atoms with Crippen LogP contribution in [0.2, 0.25) is 5.02 Å². The molecule has 2 nitrogen and oxygen atoms in total. The van der Waals surface area contributed by atoms with E-state index in [0.717, 1.165) is 33.0 Å². The fourth-order valence-corrected chi connectivity index (χ4v) is 3.57. The van der Waals surface area contributed by atoms with Crippen LogP contribution in [0.1, 0.15) is 31.9 Å². The average Bonchev–Trinajstić information content (AvgIpc) is 3.02. The molecular weight excluding hydrogens is 352 g/mol. The van der Waals surface area contributed by atoms with Crippen molar-refractivity contribution in [1.82, 2.24) is 9.55 Å². The van der Waals surface area contributed by atoms with Gasteiger partial charge in [-0.1, -0.05) is 87.0 Å². The summed E-state index contributed by atoms with van der Waals surface area (Å²) in [5, 5.41) is 0.782. The number of para-hydroxylation sites is 2. The summed E-state index contributed by atoms with van der Waals surface area (Å²) in [6, 6.07) is 25.0. The van der Waals surface area contributed by atoms with E-state index in [1.807, 2.05) is 24.3 Å². The number of fused-ring (bicyclic) bond motifs is 1. The first kappa shape index (κ1) is 17.8. The molecule has 136 valence electrons. The molecule has 4 aromatic rings. The van der Waals surface area contributed by atoms with Gasteiger partial charge < -0.3 is 4.57 Å². The molecule has 0 atom stereocenters. The minimum absolute atomic E-state index is 0.135. The molecule has 0 saturated carbocycles. The predicted molar refractivity (Wildman–Crippen MR) is 114 cm³/mol. The Morgan fingerprint density at radius 3 is 2.22 bits per heavy atom. The second-order valence-electron chi connectivity index (χ2n) is 7.93. The van der Waals surface area contributed by atoms with Gasteiger partial charge in [-0.15, -0.1) is 0 Å². The molecule has 1 heterocycles. The Labute approximate surface area is 165 Å². The molecule has 0 spiro atoms. The minimum atomic E-state index is 0.135. The summed E-state index contributed by atoms with van der Waals surface area (Å²) in [5.41, 5.74) is 5.78. The van der Waals surface area contributed by atoms with Crippen molar-refractivity contribution in [2.24, 2.45) is 0 Å². The smallest absolute Gasteiger partial charge is 0.141 e. The van der Waals surface area contributed by atoms with Crippen LogP contribution in [0.4, 0.5) is 0 Å². The molecule has 0 saturated heterocycles. The molecule has 4 rings (SSSR count). The van der Waals surface area contributed by atoms with Gasteiger partial charge in [0.1, 0.15) is 5.82 Å². The number of imidazole rings is 1. The molecule has 0 fully saturated rings. The maximum absolute atomic E-state index is 6.43. The predicted octanol–water partition coefficient (Wildman–Crippen LogP) is 6.70. The summed E-state index contributed by atoms with van der Waals surface area (Å²) < 4.78 is 2.25. The summed E-state index contributed by atoms with van der Waals surface area (Å²) in [4.78, 5) is 4.92. The molecular formula is C24H23ClN2. The van der Waals surface area contributed by atoms with Gasteiger partial charge in [0, 0.05) is 10.6 Å². The quantitative estimate of drug-likeness (QED) is 0.390. The monoisotopic (exact) mass is 374 g/mol. The number of benzene rings is 3. The third kappa shape index (κ3) is 3.50. The largest absolute Gasteiger partial charge is 0.319 e. The van der Waals surface area contributed by atoms with Crippen molar-refractivity contribution in [3.8, 4) is 11.4 Å². The lowest BCUT2D eigenvalue weighted by Crippen LogP contribution is -2.10. The van der Waals surface area contributed by atoms with E-state index >= 15 is 0 Å². The van der Waals surface area contributed by atoms with Gasteiger partial charge in [0.2, 0.25) is 0 Å². The van der Waals surface area contributed by atoms with E-state index in [9.17, 15) is 0 Å². The van der Waals surface area contributed by atoms with Crippen LogP contribution in [0.3, 0.4) is 0 Å². The first-order chi connectivity index (χ1) is 12.9. The van der Waals surface area contributed by atoms with Crippen molar-refractivity contribution in [2.75, 3.05) is 0 Å². The second kappa shape index (κ2) is 6.86. The topological polar surface area (TPSA) is 17.8 Å². The van der Waals surface area contributed by atoms with Crippen molar-refractivity contribution >= 4 is 22.6 Å². The number of halogens is 1. The lowest BCUT2D eigenvalue weighted by molar-refractivity contribution is 0.590. The van der Waals surface area contributed by atoms with E-state index in [1.54, 1.807) is 0 Å². The van der Waals surface area contributed by atoms with Crippen LogP contribution < -0.4 is 0 Å². The highest BCUT2D eigenvalue weighted by atomic mass is 35.5. The average molecular weight is 375 g/mol. The van der Waals surface area contributed by atoms with Gasteiger partial charge in [-0.2, -0.15) is 0 Å². The van der Waals surface area contributed by atoms with Crippen molar-refractivity contribution in [1.29, 1.82) is 0 Å². The van der Waals surface area contributed by atoms with Crippen LogP contribution in [0.15, 0.2) is 72.8 Å². The first-order valence-corrected chi connectivity index (χ1v) is 9.61. The highest BCUT2D eigenvalue weighted by Gasteiger charge is 2.16. The molecule has 0 radical (unpaired) electrons. The zero-order valence-electron chi connectivity index (χ0n) is 15.9. The van der Waals surface area contributed by atoms with Crippen LogP contribution in [-0.2, 0) is 12.0 Å². The Morgan fingerprint density at radius 1 is 0.852 bits per heavy atom. The lowest BCUT2D eigenvalue weighted by atomic mass is 9.87. The maximum atomic E-state index is 6.43. The molecule has 0 aliphatic carbocycles. The van der Waals surface area contributed by atoms with Crippen LogP contribution in [0.25, 0.3) is 22.4 Å². The summed E-state index contributed by atoms with van der Waals surface area (Å²) >= 11 is 6.43. The Bertz CT molecular complexity index is 1090. The first-order valence-electron chi connectivity index (χ1n) is 9.23. The Kier molecular flexibility index (Phi) is 4.53. The van der Waals surface area contributed by atoms with E-state index in [4.69, 9.17) is 16.6 Å². The minimum Gasteiger partial charge on any atom is -0.319 e. The molecule has 0 aliphatic rings. The van der Waals surface area contributed by atoms with E-state index in [2.05, 4.69) is 73.9 Å². The molecule has 0 amide bonds. The van der Waals surface area contributed by atoms with Crippen LogP contribution >= 0.6 is 11.6 Å². The number of hydrogen-bond donors (Lipinski definition) is 0. The highest BCUT2D eigenvalue weighted by molar-refractivity contribution is 6.31. The molecule has 1 aromatic heterocycles. The molecule has 0 unspecified atom stereocenters. The number of hydrogen-bond acceptors (Lipinski definition) is 1. The molecule has 0 aliphatic heterocycles. The normalized spacial score (nSPS) is 11.9. The molecule has 27 heavy (non-hydrogen) atoms. The van der Waals surface area contributed by atoms with E-state index < -0.39 is 0 Å². The van der Waals surface area contributed by atoms with Gasteiger partial charge in [0.25, 0.3) is 0 Å². The third-order valence-corrected chi connectivity index (χ3v) is 5.32. The van der Waals surface area contributed by atoms with E-state index in [1.165, 1.54) is 5.56 Å². The number of rotatable bonds is 3. The van der Waals surface area contributed by atoms with Crippen molar-refractivity contribution in [2.45, 2.75) is 32.7 Å². The third-order valence-electron chi connectivity index (χ3n) is 4.95. The van der Waals surface area contributed by atoms with Gasteiger partial charge in [-0.3, -0.25) is 0 Å². The van der Waals surface area contributed by atoms with Gasteiger partial charge in [0.15, 0.2) is 0 Å². The Hall–Kier alpha value is -2.58. The van der Waals surface area contributed by atoms with Gasteiger partial charge in [-0.25, -0.2) is 4.98 Å². The SMILES string of the molecule is CC(C)(C)c1ccc(-c2nc3ccccc3n2Cc2ccccc2Cl)cc1. The standard InChI is InChI=1S/C24H23ClN2/c1-24(2,3)19-14-12-17(13-15-19)23-26-21-10-6-7-11-22(21)27(23)16-18-8-4-5-9-20(18)25/h4-15H,16H2,1-3H3. The fraction of sp³-hybridized carbons (Fsp3) is 0.208. The fourth-order valence-electron chi connectivity index (χ4n) is 3.37. The summed E-state index contributed by atoms with van der Waals surface area (Å²) in [6.07, 6.45) is 0. The molecule has 3 heteroatoms. The lowest BCUT2D eigenvalue weighted by Gasteiger charge is -2.19. The molecule has 0 bridgehead atoms.